The third-order valence-corrected chi connectivity index (χ3v) is 10.8. The Bertz CT molecular complexity index is 1380. The van der Waals surface area contributed by atoms with Crippen molar-refractivity contribution in [1.82, 2.24) is 19.5 Å². The summed E-state index contributed by atoms with van der Waals surface area (Å²) in [5, 5.41) is 4.00. The molecule has 2 aliphatic rings. The van der Waals surface area contributed by atoms with Crippen molar-refractivity contribution in [2.24, 2.45) is 0 Å². The number of hydrogen-bond donors (Lipinski definition) is 1. The number of carbonyl (C=O) groups is 1. The highest BCUT2D eigenvalue weighted by Gasteiger charge is 2.29. The number of fused-ring (bicyclic) bond motifs is 1. The number of nitrogens with one attached hydrogen (secondary N) is 1. The van der Waals surface area contributed by atoms with E-state index in [1.54, 1.807) is 49.8 Å². The van der Waals surface area contributed by atoms with Gasteiger partial charge in [0.25, 0.3) is 5.91 Å². The van der Waals surface area contributed by atoms with Crippen LogP contribution in [-0.4, -0.2) is 88.0 Å². The van der Waals surface area contributed by atoms with Crippen LogP contribution in [0.3, 0.4) is 0 Å². The maximum absolute atomic E-state index is 13.1. The first-order valence-electron chi connectivity index (χ1n) is 13.6. The number of methoxy groups -OCH3 is 1. The molecule has 39 heavy (non-hydrogen) atoms. The third-order valence-electron chi connectivity index (χ3n) is 7.82. The predicted molar refractivity (Wildman–Crippen MR) is 155 cm³/mol. The van der Waals surface area contributed by atoms with Crippen LogP contribution in [0.4, 0.5) is 5.13 Å². The minimum atomic E-state index is -3.57. The van der Waals surface area contributed by atoms with Gasteiger partial charge >= 0.3 is 0 Å². The molecule has 9 nitrogen and oxygen atoms in total. The summed E-state index contributed by atoms with van der Waals surface area (Å²) >= 11 is 1.68. The van der Waals surface area contributed by atoms with Crippen LogP contribution in [0.15, 0.2) is 47.4 Å². The minimum Gasteiger partial charge on any atom is -0.497 e. The SMILES string of the molecule is COc1ccc2nc(N3CCN(CCNC(=O)c4ccc(S(=O)(=O)N(C)C5CCCCC5)cc4)CC3)sc2c1. The van der Waals surface area contributed by atoms with Gasteiger partial charge < -0.3 is 15.0 Å². The number of carbonyl (C=O) groups excluding carboxylic acids is 1. The van der Waals surface area contributed by atoms with E-state index in [0.29, 0.717) is 12.1 Å². The lowest BCUT2D eigenvalue weighted by molar-refractivity contribution is 0.0947. The molecular formula is C28H37N5O4S2. The lowest BCUT2D eigenvalue weighted by Gasteiger charge is -2.34. The molecule has 2 aromatic carbocycles. The summed E-state index contributed by atoms with van der Waals surface area (Å²) in [5.41, 5.74) is 1.45. The van der Waals surface area contributed by atoms with Crippen molar-refractivity contribution in [3.63, 3.8) is 0 Å². The highest BCUT2D eigenvalue weighted by atomic mass is 32.2. The molecule has 1 aliphatic carbocycles. The fourth-order valence-corrected chi connectivity index (χ4v) is 7.79. The molecule has 2 fully saturated rings. The number of ether oxygens (including phenoxy) is 1. The van der Waals surface area contributed by atoms with Crippen LogP contribution in [0, 0.1) is 0 Å². The van der Waals surface area contributed by atoms with Crippen molar-refractivity contribution in [2.75, 3.05) is 58.3 Å². The molecule has 0 atom stereocenters. The summed E-state index contributed by atoms with van der Waals surface area (Å²) in [6.45, 7) is 4.86. The summed E-state index contributed by atoms with van der Waals surface area (Å²) in [6, 6.07) is 12.3. The molecule has 210 valence electrons. The zero-order valence-electron chi connectivity index (χ0n) is 22.6. The number of anilines is 1. The van der Waals surface area contributed by atoms with Crippen molar-refractivity contribution in [3.8, 4) is 5.75 Å². The average molecular weight is 572 g/mol. The highest BCUT2D eigenvalue weighted by molar-refractivity contribution is 7.89. The van der Waals surface area contributed by atoms with Gasteiger partial charge in [0.2, 0.25) is 10.0 Å². The number of hydrogen-bond acceptors (Lipinski definition) is 8. The first-order chi connectivity index (χ1) is 18.8. The van der Waals surface area contributed by atoms with E-state index in [4.69, 9.17) is 9.72 Å². The molecule has 0 radical (unpaired) electrons. The number of nitrogens with zero attached hydrogens (tertiary/aromatic N) is 4. The Morgan fingerprint density at radius 3 is 2.49 bits per heavy atom. The van der Waals surface area contributed by atoms with Gasteiger partial charge in [0, 0.05) is 57.9 Å². The smallest absolute Gasteiger partial charge is 0.251 e. The van der Waals surface area contributed by atoms with E-state index in [9.17, 15) is 13.2 Å². The average Bonchev–Trinajstić information content (AvgIpc) is 3.41. The van der Waals surface area contributed by atoms with Crippen molar-refractivity contribution in [2.45, 2.75) is 43.0 Å². The van der Waals surface area contributed by atoms with Gasteiger partial charge in [0.15, 0.2) is 5.13 Å². The van der Waals surface area contributed by atoms with Gasteiger partial charge in [-0.3, -0.25) is 9.69 Å². The quantitative estimate of drug-likeness (QED) is 0.417. The Labute approximate surface area is 234 Å². The standard InChI is InChI=1S/C28H37N5O4S2/c1-31(22-6-4-3-5-7-22)39(35,36)24-11-8-21(9-12-24)27(34)29-14-15-32-16-18-33(19-17-32)28-30-25-13-10-23(37-2)20-26(25)38-28/h8-13,20,22H,3-7,14-19H2,1-2H3,(H,29,34). The van der Waals surface area contributed by atoms with Crippen LogP contribution in [0.5, 0.6) is 5.75 Å². The number of amides is 1. The lowest BCUT2D eigenvalue weighted by Crippen LogP contribution is -2.48. The number of rotatable bonds is 9. The van der Waals surface area contributed by atoms with Gasteiger partial charge in [0.05, 0.1) is 22.2 Å². The van der Waals surface area contributed by atoms with Gasteiger partial charge in [-0.05, 0) is 55.3 Å². The van der Waals surface area contributed by atoms with Crippen molar-refractivity contribution < 1.29 is 17.9 Å². The number of thiazole rings is 1. The molecule has 1 saturated carbocycles. The second kappa shape index (κ2) is 12.2. The molecule has 5 rings (SSSR count). The van der Waals surface area contributed by atoms with Gasteiger partial charge in [-0.25, -0.2) is 13.4 Å². The number of piperazine rings is 1. The molecule has 1 amide bonds. The first kappa shape index (κ1) is 27.8. The van der Waals surface area contributed by atoms with E-state index in [0.717, 1.165) is 79.5 Å². The van der Waals surface area contributed by atoms with Crippen molar-refractivity contribution in [1.29, 1.82) is 0 Å². The molecule has 1 aliphatic heterocycles. The van der Waals surface area contributed by atoms with E-state index in [1.807, 2.05) is 18.2 Å². The monoisotopic (exact) mass is 571 g/mol. The Morgan fingerprint density at radius 2 is 1.79 bits per heavy atom. The molecule has 1 saturated heterocycles. The van der Waals surface area contributed by atoms with Crippen LogP contribution in [0.25, 0.3) is 10.2 Å². The van der Waals surface area contributed by atoms with Gasteiger partial charge in [-0.2, -0.15) is 4.31 Å². The maximum atomic E-state index is 13.1. The third kappa shape index (κ3) is 6.37. The topological polar surface area (TPSA) is 95.1 Å². The zero-order chi connectivity index (χ0) is 27.4. The van der Waals surface area contributed by atoms with E-state index >= 15 is 0 Å². The Kier molecular flexibility index (Phi) is 8.70. The van der Waals surface area contributed by atoms with Crippen LogP contribution in [0.1, 0.15) is 42.5 Å². The molecule has 1 N–H and O–H groups in total. The number of benzene rings is 2. The largest absolute Gasteiger partial charge is 0.497 e. The van der Waals surface area contributed by atoms with Crippen LogP contribution in [-0.2, 0) is 10.0 Å². The second-order valence-corrected chi connectivity index (χ2v) is 13.3. The predicted octanol–water partition coefficient (Wildman–Crippen LogP) is 3.81. The van der Waals surface area contributed by atoms with E-state index in [2.05, 4.69) is 15.1 Å². The van der Waals surface area contributed by atoms with Crippen LogP contribution >= 0.6 is 11.3 Å². The lowest BCUT2D eigenvalue weighted by atomic mass is 9.96. The summed E-state index contributed by atoms with van der Waals surface area (Å²) < 4.78 is 34.1. The Morgan fingerprint density at radius 1 is 1.08 bits per heavy atom. The number of aromatic nitrogens is 1. The maximum Gasteiger partial charge on any atom is 0.251 e. The molecule has 11 heteroatoms. The minimum absolute atomic E-state index is 0.0545. The molecule has 1 aromatic heterocycles. The summed E-state index contributed by atoms with van der Waals surface area (Å²) in [7, 11) is -0.226. The molecule has 3 aromatic rings. The molecule has 0 spiro atoms. The second-order valence-electron chi connectivity index (χ2n) is 10.3. The number of sulfonamides is 1. The Balaban J connectivity index is 1.08. The van der Waals surface area contributed by atoms with Gasteiger partial charge in [0.1, 0.15) is 5.75 Å². The summed E-state index contributed by atoms with van der Waals surface area (Å²) in [5.74, 6) is 0.649. The molecular weight excluding hydrogens is 534 g/mol. The van der Waals surface area contributed by atoms with Crippen LogP contribution in [0.2, 0.25) is 0 Å². The fourth-order valence-electron chi connectivity index (χ4n) is 5.33. The summed E-state index contributed by atoms with van der Waals surface area (Å²) in [6.07, 6.45) is 5.12. The van der Waals surface area contributed by atoms with E-state index in [-0.39, 0.29) is 16.8 Å². The molecule has 0 bridgehead atoms. The molecule has 0 unspecified atom stereocenters. The highest BCUT2D eigenvalue weighted by Crippen LogP contribution is 2.32. The van der Waals surface area contributed by atoms with Crippen molar-refractivity contribution in [3.05, 3.63) is 48.0 Å². The van der Waals surface area contributed by atoms with E-state index in [1.165, 1.54) is 10.7 Å². The van der Waals surface area contributed by atoms with Gasteiger partial charge in [-0.15, -0.1) is 0 Å². The fraction of sp³-hybridized carbons (Fsp3) is 0.500. The van der Waals surface area contributed by atoms with Crippen LogP contribution < -0.4 is 15.0 Å². The summed E-state index contributed by atoms with van der Waals surface area (Å²) in [4.78, 5) is 22.4. The van der Waals surface area contributed by atoms with Gasteiger partial charge in [-0.1, -0.05) is 30.6 Å². The Hall–Kier alpha value is -2.73. The van der Waals surface area contributed by atoms with Crippen molar-refractivity contribution >= 4 is 42.6 Å². The normalized spacial score (nSPS) is 17.6. The molecule has 2 heterocycles. The van der Waals surface area contributed by atoms with E-state index < -0.39 is 10.0 Å². The zero-order valence-corrected chi connectivity index (χ0v) is 24.3. The first-order valence-corrected chi connectivity index (χ1v) is 15.9.